The second-order valence-corrected chi connectivity index (χ2v) is 8.99. The highest BCUT2D eigenvalue weighted by molar-refractivity contribution is 5.88. The van der Waals surface area contributed by atoms with Gasteiger partial charge in [0.15, 0.2) is 11.3 Å². The van der Waals surface area contributed by atoms with Crippen LogP contribution < -0.4 is 0 Å². The van der Waals surface area contributed by atoms with Gasteiger partial charge in [-0.15, -0.1) is 0 Å². The molecule has 0 atom stereocenters. The van der Waals surface area contributed by atoms with Gasteiger partial charge in [0, 0.05) is 28.4 Å². The standard InChI is InChI=1S/C24H46N4O10/c1-7-8-24-23(2,25(17-35-13-9-31-3)21(29)27(24)19-37-15-11-33-5)26(18-36-14-10-32-4)22(30)28(24)20-38-16-12-34-6/h7-20H2,1-6H3. The van der Waals surface area contributed by atoms with Gasteiger partial charge >= 0.3 is 12.1 Å². The van der Waals surface area contributed by atoms with Crippen LogP contribution in [0.5, 0.6) is 0 Å². The van der Waals surface area contributed by atoms with Gasteiger partial charge in [0.2, 0.25) is 0 Å². The van der Waals surface area contributed by atoms with E-state index in [4.69, 9.17) is 37.9 Å². The van der Waals surface area contributed by atoms with Gasteiger partial charge in [-0.3, -0.25) is 19.6 Å². The number of urea groups is 2. The normalized spacial score (nSPS) is 23.3. The van der Waals surface area contributed by atoms with Crippen molar-refractivity contribution in [3.63, 3.8) is 0 Å². The maximum atomic E-state index is 14.0. The zero-order valence-corrected chi connectivity index (χ0v) is 23.8. The van der Waals surface area contributed by atoms with Crippen LogP contribution in [0.2, 0.25) is 0 Å². The maximum absolute atomic E-state index is 14.0. The minimum atomic E-state index is -1.17. The topological polar surface area (TPSA) is 121 Å². The molecule has 38 heavy (non-hydrogen) atoms. The lowest BCUT2D eigenvalue weighted by molar-refractivity contribution is -0.141. The summed E-state index contributed by atoms with van der Waals surface area (Å²) < 4.78 is 43.7. The number of carbonyl (C=O) groups is 2. The van der Waals surface area contributed by atoms with Gasteiger partial charge in [-0.25, -0.2) is 9.59 Å². The van der Waals surface area contributed by atoms with E-state index in [1.165, 1.54) is 0 Å². The molecule has 2 aliphatic heterocycles. The van der Waals surface area contributed by atoms with Crippen LogP contribution >= 0.6 is 0 Å². The fourth-order valence-electron chi connectivity index (χ4n) is 4.95. The number of ether oxygens (including phenoxy) is 8. The predicted molar refractivity (Wildman–Crippen MR) is 135 cm³/mol. The van der Waals surface area contributed by atoms with E-state index in [2.05, 4.69) is 0 Å². The molecule has 0 saturated carbocycles. The van der Waals surface area contributed by atoms with Crippen molar-refractivity contribution in [2.75, 3.05) is 108 Å². The van der Waals surface area contributed by atoms with E-state index in [1.54, 1.807) is 48.0 Å². The third-order valence-electron chi connectivity index (χ3n) is 6.83. The Labute approximate surface area is 225 Å². The first-order valence-electron chi connectivity index (χ1n) is 12.9. The van der Waals surface area contributed by atoms with E-state index in [9.17, 15) is 9.59 Å². The fraction of sp³-hybridized carbons (Fsp3) is 0.917. The first-order valence-corrected chi connectivity index (χ1v) is 12.9. The average molecular weight is 551 g/mol. The Morgan fingerprint density at radius 1 is 0.553 bits per heavy atom. The number of hydrogen-bond acceptors (Lipinski definition) is 10. The smallest absolute Gasteiger partial charge is 0.327 e. The Bertz CT molecular complexity index is 668. The Morgan fingerprint density at radius 3 is 1.16 bits per heavy atom. The van der Waals surface area contributed by atoms with Crippen LogP contribution in [0.1, 0.15) is 26.7 Å². The van der Waals surface area contributed by atoms with Crippen LogP contribution in [0.3, 0.4) is 0 Å². The minimum absolute atomic E-state index is 0.0490. The van der Waals surface area contributed by atoms with Gasteiger partial charge in [-0.2, -0.15) is 0 Å². The number of nitrogens with zero attached hydrogens (tertiary/aromatic N) is 4. The SMILES string of the molecule is CCCC12N(COCCOC)C(=O)N(COCCOC)C1(C)N(COCCOC)C(=O)N2COCCOC. The van der Waals surface area contributed by atoms with Crippen LogP contribution in [0, 0.1) is 0 Å². The second-order valence-electron chi connectivity index (χ2n) is 8.99. The first-order chi connectivity index (χ1) is 18.4. The summed E-state index contributed by atoms with van der Waals surface area (Å²) in [5.74, 6) is 0. The number of methoxy groups -OCH3 is 4. The highest BCUT2D eigenvalue weighted by Gasteiger charge is 2.76. The Kier molecular flexibility index (Phi) is 14.0. The van der Waals surface area contributed by atoms with Crippen molar-refractivity contribution in [2.45, 2.75) is 38.0 Å². The molecule has 0 aromatic rings. The third-order valence-corrected chi connectivity index (χ3v) is 6.83. The molecule has 2 rings (SSSR count). The number of rotatable bonds is 22. The van der Waals surface area contributed by atoms with Crippen molar-refractivity contribution in [1.82, 2.24) is 19.6 Å². The Morgan fingerprint density at radius 2 is 0.868 bits per heavy atom. The molecule has 222 valence electrons. The van der Waals surface area contributed by atoms with E-state index < -0.39 is 11.3 Å². The first kappa shape index (κ1) is 32.4. The molecule has 2 saturated heterocycles. The average Bonchev–Trinajstić information content (AvgIpc) is 3.18. The molecule has 2 fully saturated rings. The van der Waals surface area contributed by atoms with Crippen LogP contribution in [-0.2, 0) is 37.9 Å². The zero-order chi connectivity index (χ0) is 28.0. The number of fused-ring (bicyclic) bond motifs is 1. The molecular weight excluding hydrogens is 504 g/mol. The van der Waals surface area contributed by atoms with Gasteiger partial charge < -0.3 is 37.9 Å². The Balaban J connectivity index is 2.52. The molecule has 0 aromatic heterocycles. The third kappa shape index (κ3) is 6.67. The molecule has 0 radical (unpaired) electrons. The molecule has 14 nitrogen and oxygen atoms in total. The summed E-state index contributed by atoms with van der Waals surface area (Å²) in [6, 6.07) is -0.654. The minimum Gasteiger partial charge on any atom is -0.382 e. The van der Waals surface area contributed by atoms with Crippen LogP contribution in [-0.4, -0.2) is 151 Å². The molecule has 4 amide bonds. The Hall–Kier alpha value is -1.78. The van der Waals surface area contributed by atoms with Crippen molar-refractivity contribution in [2.24, 2.45) is 0 Å². The molecular formula is C24H46N4O10. The monoisotopic (exact) mass is 550 g/mol. The fourth-order valence-corrected chi connectivity index (χ4v) is 4.95. The predicted octanol–water partition coefficient (Wildman–Crippen LogP) is 1.16. The van der Waals surface area contributed by atoms with Crippen molar-refractivity contribution in [3.05, 3.63) is 0 Å². The second kappa shape index (κ2) is 16.4. The number of carbonyl (C=O) groups excluding carboxylic acids is 2. The van der Waals surface area contributed by atoms with E-state index in [-0.39, 0.29) is 65.4 Å². The van der Waals surface area contributed by atoms with Gasteiger partial charge in [-0.1, -0.05) is 13.3 Å². The summed E-state index contributed by atoms with van der Waals surface area (Å²) in [5, 5.41) is 0. The van der Waals surface area contributed by atoms with Gasteiger partial charge in [0.25, 0.3) is 0 Å². The summed E-state index contributed by atoms with van der Waals surface area (Å²) >= 11 is 0. The molecule has 0 aromatic carbocycles. The highest BCUT2D eigenvalue weighted by Crippen LogP contribution is 2.53. The van der Waals surface area contributed by atoms with E-state index >= 15 is 0 Å². The van der Waals surface area contributed by atoms with Crippen LogP contribution in [0.4, 0.5) is 9.59 Å². The summed E-state index contributed by atoms with van der Waals surface area (Å²) in [7, 11) is 6.31. The molecule has 14 heteroatoms. The van der Waals surface area contributed by atoms with E-state index in [1.807, 2.05) is 13.8 Å². The van der Waals surface area contributed by atoms with E-state index in [0.29, 0.717) is 39.3 Å². The summed E-state index contributed by atoms with van der Waals surface area (Å²) in [6.07, 6.45) is 1.14. The van der Waals surface area contributed by atoms with Crippen LogP contribution in [0.15, 0.2) is 0 Å². The van der Waals surface area contributed by atoms with Crippen molar-refractivity contribution in [1.29, 1.82) is 0 Å². The highest BCUT2D eigenvalue weighted by atomic mass is 16.5. The van der Waals surface area contributed by atoms with Crippen LogP contribution in [0.25, 0.3) is 0 Å². The van der Waals surface area contributed by atoms with Crippen molar-refractivity contribution < 1.29 is 47.5 Å². The van der Waals surface area contributed by atoms with Crippen molar-refractivity contribution >= 4 is 12.1 Å². The molecule has 0 N–H and O–H groups in total. The zero-order valence-electron chi connectivity index (χ0n) is 23.8. The molecule has 2 heterocycles. The largest absolute Gasteiger partial charge is 0.382 e. The summed E-state index contributed by atoms with van der Waals surface area (Å²) in [6.45, 7) is 6.26. The van der Waals surface area contributed by atoms with Gasteiger partial charge in [-0.05, 0) is 13.3 Å². The number of hydrogen-bond donors (Lipinski definition) is 0. The van der Waals surface area contributed by atoms with E-state index in [0.717, 1.165) is 0 Å². The van der Waals surface area contributed by atoms with Gasteiger partial charge in [0.05, 0.1) is 52.9 Å². The quantitative estimate of drug-likeness (QED) is 0.182. The summed E-state index contributed by atoms with van der Waals surface area (Å²) in [5.41, 5.74) is -2.31. The lowest BCUT2D eigenvalue weighted by atomic mass is 9.89. The number of amides is 4. The molecule has 0 unspecified atom stereocenters. The molecule has 0 spiro atoms. The summed E-state index contributed by atoms with van der Waals surface area (Å²) in [4.78, 5) is 34.4. The van der Waals surface area contributed by atoms with Gasteiger partial charge in [0.1, 0.15) is 26.9 Å². The molecule has 0 aliphatic carbocycles. The molecule has 0 bridgehead atoms. The molecule has 2 aliphatic rings. The van der Waals surface area contributed by atoms with Crippen molar-refractivity contribution in [3.8, 4) is 0 Å². The lowest BCUT2D eigenvalue weighted by Gasteiger charge is -2.47. The lowest BCUT2D eigenvalue weighted by Crippen LogP contribution is -2.67. The maximum Gasteiger partial charge on any atom is 0.327 e.